The van der Waals surface area contributed by atoms with Crippen molar-refractivity contribution in [1.82, 2.24) is 15.3 Å². The van der Waals surface area contributed by atoms with E-state index in [-0.39, 0.29) is 11.7 Å². The summed E-state index contributed by atoms with van der Waals surface area (Å²) in [7, 11) is 0. The van der Waals surface area contributed by atoms with Gasteiger partial charge in [0.2, 0.25) is 5.96 Å². The van der Waals surface area contributed by atoms with E-state index in [1.165, 1.54) is 12.4 Å². The Labute approximate surface area is 73.2 Å². The second kappa shape index (κ2) is 2.69. The van der Waals surface area contributed by atoms with Gasteiger partial charge in [-0.1, -0.05) is 0 Å². The van der Waals surface area contributed by atoms with Gasteiger partial charge in [-0.2, -0.15) is 4.99 Å². The van der Waals surface area contributed by atoms with Gasteiger partial charge in [0.15, 0.2) is 17.5 Å². The third kappa shape index (κ3) is 1.15. The number of aliphatic imine (C=N–C) groups is 1. The van der Waals surface area contributed by atoms with E-state index in [0.717, 1.165) is 0 Å². The Kier molecular flexibility index (Phi) is 1.54. The Morgan fingerprint density at radius 1 is 1.38 bits per heavy atom. The number of guanidine groups is 1. The lowest BCUT2D eigenvalue weighted by molar-refractivity contribution is 0.569. The van der Waals surface area contributed by atoms with Crippen LogP contribution in [0.25, 0.3) is 5.70 Å². The second-order valence-corrected chi connectivity index (χ2v) is 2.33. The molecular formula is C7H5N5O. The molecule has 6 heteroatoms. The molecule has 0 bridgehead atoms. The fourth-order valence-corrected chi connectivity index (χ4v) is 0.992. The maximum atomic E-state index is 10.5. The van der Waals surface area contributed by atoms with E-state index in [1.54, 1.807) is 5.94 Å². The lowest BCUT2D eigenvalue weighted by atomic mass is 10.3. The minimum Gasteiger partial charge on any atom is -0.369 e. The molecule has 6 nitrogen and oxygen atoms in total. The van der Waals surface area contributed by atoms with Crippen LogP contribution in [-0.4, -0.2) is 21.9 Å². The number of nitrogens with one attached hydrogen (secondary N) is 1. The second-order valence-electron chi connectivity index (χ2n) is 2.33. The van der Waals surface area contributed by atoms with Crippen LogP contribution in [0.4, 0.5) is 5.82 Å². The molecule has 0 saturated heterocycles. The normalized spacial score (nSPS) is 13.8. The number of carbonyl (C=O) groups excluding carboxylic acids is 1. The molecule has 1 aliphatic rings. The summed E-state index contributed by atoms with van der Waals surface area (Å²) in [6.07, 6.45) is 2.94. The van der Waals surface area contributed by atoms with E-state index >= 15 is 0 Å². The van der Waals surface area contributed by atoms with Gasteiger partial charge in [-0.25, -0.2) is 14.8 Å². The zero-order valence-electron chi connectivity index (χ0n) is 6.48. The molecule has 1 aromatic rings. The molecule has 2 rings (SSSR count). The Bertz CT molecular complexity index is 432. The summed E-state index contributed by atoms with van der Waals surface area (Å²) < 4.78 is 0. The maximum Gasteiger partial charge on any atom is 0.200 e. The van der Waals surface area contributed by atoms with Gasteiger partial charge in [0.05, 0.1) is 0 Å². The Morgan fingerprint density at radius 3 is 2.92 bits per heavy atom. The minimum absolute atomic E-state index is 0.117. The standard InChI is InChI=1S/C7H5N5O/c8-7-11-4(3-13)5-6(12-7)10-2-1-9-5/h1-2H,(H3,8,10,11,12). The number of rotatable bonds is 0. The van der Waals surface area contributed by atoms with Crippen molar-refractivity contribution in [3.05, 3.63) is 18.1 Å². The van der Waals surface area contributed by atoms with Crippen LogP contribution in [0.3, 0.4) is 0 Å². The third-order valence-corrected chi connectivity index (χ3v) is 1.50. The van der Waals surface area contributed by atoms with Crippen LogP contribution in [0.5, 0.6) is 0 Å². The molecule has 3 N–H and O–H groups in total. The number of hydrogen-bond acceptors (Lipinski definition) is 6. The van der Waals surface area contributed by atoms with E-state index < -0.39 is 0 Å². The SMILES string of the molecule is NC1=Nc2nccnc2C(=C=O)N1. The first-order chi connectivity index (χ1) is 6.31. The topological polar surface area (TPSA) is 93.3 Å². The first-order valence-corrected chi connectivity index (χ1v) is 3.49. The molecule has 0 spiro atoms. The van der Waals surface area contributed by atoms with Crippen molar-refractivity contribution in [1.29, 1.82) is 0 Å². The summed E-state index contributed by atoms with van der Waals surface area (Å²) in [5, 5.41) is 2.54. The Morgan fingerprint density at radius 2 is 2.15 bits per heavy atom. The van der Waals surface area contributed by atoms with Gasteiger partial charge in [-0.05, 0) is 0 Å². The van der Waals surface area contributed by atoms with Gasteiger partial charge in [-0.3, -0.25) is 0 Å². The monoisotopic (exact) mass is 175 g/mol. The van der Waals surface area contributed by atoms with Crippen molar-refractivity contribution < 1.29 is 4.79 Å². The van der Waals surface area contributed by atoms with Crippen LogP contribution in [-0.2, 0) is 4.79 Å². The first-order valence-electron chi connectivity index (χ1n) is 3.49. The summed E-state index contributed by atoms with van der Waals surface area (Å²) >= 11 is 0. The van der Waals surface area contributed by atoms with Crippen molar-refractivity contribution in [2.45, 2.75) is 0 Å². The molecule has 1 aromatic heterocycles. The number of nitrogens with zero attached hydrogens (tertiary/aromatic N) is 3. The molecule has 0 atom stereocenters. The molecule has 0 aliphatic carbocycles. The molecule has 0 aromatic carbocycles. The van der Waals surface area contributed by atoms with Crippen LogP contribution >= 0.6 is 0 Å². The van der Waals surface area contributed by atoms with Crippen molar-refractivity contribution in [3.8, 4) is 0 Å². The zero-order valence-corrected chi connectivity index (χ0v) is 6.48. The maximum absolute atomic E-state index is 10.5. The smallest absolute Gasteiger partial charge is 0.200 e. The summed E-state index contributed by atoms with van der Waals surface area (Å²) in [5.41, 5.74) is 5.92. The van der Waals surface area contributed by atoms with Crippen LogP contribution in [0, 0.1) is 0 Å². The molecule has 0 amide bonds. The molecule has 64 valence electrons. The summed E-state index contributed by atoms with van der Waals surface area (Å²) in [5.74, 6) is 2.13. The van der Waals surface area contributed by atoms with Gasteiger partial charge in [-0.15, -0.1) is 0 Å². The van der Waals surface area contributed by atoms with Gasteiger partial charge >= 0.3 is 0 Å². The lowest BCUT2D eigenvalue weighted by Gasteiger charge is -2.12. The van der Waals surface area contributed by atoms with Crippen molar-refractivity contribution in [2.75, 3.05) is 0 Å². The molecule has 1 aliphatic heterocycles. The molecule has 0 saturated carbocycles. The van der Waals surface area contributed by atoms with Crippen molar-refractivity contribution in [2.24, 2.45) is 10.7 Å². The predicted molar refractivity (Wildman–Crippen MR) is 45.6 cm³/mol. The van der Waals surface area contributed by atoms with E-state index in [0.29, 0.717) is 11.5 Å². The summed E-state index contributed by atoms with van der Waals surface area (Å²) in [6, 6.07) is 0. The molecule has 0 radical (unpaired) electrons. The quantitative estimate of drug-likeness (QED) is 0.503. The largest absolute Gasteiger partial charge is 0.369 e. The highest BCUT2D eigenvalue weighted by Crippen LogP contribution is 2.20. The highest BCUT2D eigenvalue weighted by Gasteiger charge is 2.17. The van der Waals surface area contributed by atoms with E-state index in [4.69, 9.17) is 5.73 Å². The first kappa shape index (κ1) is 7.45. The molecule has 13 heavy (non-hydrogen) atoms. The fourth-order valence-electron chi connectivity index (χ4n) is 0.992. The number of hydrogen-bond donors (Lipinski definition) is 2. The zero-order chi connectivity index (χ0) is 9.26. The number of fused-ring (bicyclic) bond motifs is 1. The summed E-state index contributed by atoms with van der Waals surface area (Å²) in [6.45, 7) is 0. The van der Waals surface area contributed by atoms with E-state index in [9.17, 15) is 4.79 Å². The predicted octanol–water partition coefficient (Wildman–Crippen LogP) is -0.802. The highest BCUT2D eigenvalue weighted by atomic mass is 16.1. The molecule has 0 fully saturated rings. The van der Waals surface area contributed by atoms with E-state index in [1.807, 2.05) is 0 Å². The van der Waals surface area contributed by atoms with Crippen LogP contribution in [0.15, 0.2) is 17.4 Å². The fraction of sp³-hybridized carbons (Fsp3) is 0. The lowest BCUT2D eigenvalue weighted by Crippen LogP contribution is -2.33. The van der Waals surface area contributed by atoms with Crippen molar-refractivity contribution in [3.63, 3.8) is 0 Å². The van der Waals surface area contributed by atoms with Gasteiger partial charge < -0.3 is 11.1 Å². The van der Waals surface area contributed by atoms with E-state index in [2.05, 4.69) is 20.3 Å². The van der Waals surface area contributed by atoms with Crippen molar-refractivity contribution >= 4 is 23.4 Å². The number of aromatic nitrogens is 2. The molecular weight excluding hydrogens is 170 g/mol. The average molecular weight is 175 g/mol. The van der Waals surface area contributed by atoms with Gasteiger partial charge in [0.25, 0.3) is 0 Å². The molecule has 0 unspecified atom stereocenters. The average Bonchev–Trinajstić information content (AvgIpc) is 2.16. The Hall–Kier alpha value is -2.20. The minimum atomic E-state index is 0.117. The Balaban J connectivity index is 2.68. The third-order valence-electron chi connectivity index (χ3n) is 1.50. The summed E-state index contributed by atoms with van der Waals surface area (Å²) in [4.78, 5) is 22.1. The van der Waals surface area contributed by atoms with Gasteiger partial charge in [0, 0.05) is 12.4 Å². The molecule has 2 heterocycles. The van der Waals surface area contributed by atoms with Crippen LogP contribution in [0.2, 0.25) is 0 Å². The van der Waals surface area contributed by atoms with Crippen LogP contribution in [0.1, 0.15) is 5.69 Å². The van der Waals surface area contributed by atoms with Gasteiger partial charge in [0.1, 0.15) is 5.69 Å². The number of nitrogens with two attached hydrogens (primary N) is 1. The highest BCUT2D eigenvalue weighted by molar-refractivity contribution is 6.01. The van der Waals surface area contributed by atoms with Crippen LogP contribution < -0.4 is 11.1 Å².